The second kappa shape index (κ2) is 40.7. The van der Waals surface area contributed by atoms with Crippen molar-refractivity contribution in [3.05, 3.63) is 97.2 Å². The van der Waals surface area contributed by atoms with Crippen LogP contribution in [0.15, 0.2) is 97.2 Å². The van der Waals surface area contributed by atoms with E-state index in [-0.39, 0.29) is 12.5 Å². The van der Waals surface area contributed by atoms with Gasteiger partial charge in [-0.25, -0.2) is 0 Å². The number of allylic oxidation sites excluding steroid dienone is 15. The number of rotatable bonds is 35. The zero-order chi connectivity index (χ0) is 36.4. The van der Waals surface area contributed by atoms with E-state index < -0.39 is 12.1 Å². The molecule has 0 saturated heterocycles. The molecule has 0 aliphatic rings. The van der Waals surface area contributed by atoms with Crippen molar-refractivity contribution >= 4 is 5.91 Å². The highest BCUT2D eigenvalue weighted by atomic mass is 16.3. The lowest BCUT2D eigenvalue weighted by Gasteiger charge is -2.19. The zero-order valence-electron chi connectivity index (χ0n) is 32.4. The van der Waals surface area contributed by atoms with E-state index in [1.165, 1.54) is 77.0 Å². The normalized spacial score (nSPS) is 14.1. The number of hydrogen-bond donors (Lipinski definition) is 3. The molecule has 50 heavy (non-hydrogen) atoms. The Hall–Kier alpha value is -2.69. The molecular weight excluding hydrogens is 615 g/mol. The van der Waals surface area contributed by atoms with Crippen molar-refractivity contribution in [3.63, 3.8) is 0 Å². The van der Waals surface area contributed by atoms with E-state index in [1.807, 2.05) is 6.08 Å². The third kappa shape index (κ3) is 36.6. The molecule has 0 fully saturated rings. The Bertz CT molecular complexity index is 968. The van der Waals surface area contributed by atoms with E-state index in [0.29, 0.717) is 6.42 Å². The van der Waals surface area contributed by atoms with Crippen LogP contribution < -0.4 is 5.32 Å². The summed E-state index contributed by atoms with van der Waals surface area (Å²) < 4.78 is 0. The lowest BCUT2D eigenvalue weighted by molar-refractivity contribution is -0.123. The highest BCUT2D eigenvalue weighted by molar-refractivity contribution is 5.76. The van der Waals surface area contributed by atoms with Gasteiger partial charge < -0.3 is 15.5 Å². The van der Waals surface area contributed by atoms with Gasteiger partial charge >= 0.3 is 0 Å². The van der Waals surface area contributed by atoms with Crippen molar-refractivity contribution in [1.82, 2.24) is 5.32 Å². The van der Waals surface area contributed by atoms with Crippen LogP contribution in [0.5, 0.6) is 0 Å². The van der Waals surface area contributed by atoms with Gasteiger partial charge in [0.2, 0.25) is 5.91 Å². The molecule has 4 heteroatoms. The molecule has 3 N–H and O–H groups in total. The van der Waals surface area contributed by atoms with Gasteiger partial charge in [0, 0.05) is 6.42 Å². The van der Waals surface area contributed by atoms with Crippen molar-refractivity contribution in [2.45, 2.75) is 180 Å². The van der Waals surface area contributed by atoms with Gasteiger partial charge in [-0.15, -0.1) is 0 Å². The third-order valence-corrected chi connectivity index (χ3v) is 8.55. The molecule has 0 rings (SSSR count). The Morgan fingerprint density at radius 3 is 1.28 bits per heavy atom. The summed E-state index contributed by atoms with van der Waals surface area (Å²) in [7, 11) is 0. The predicted octanol–water partition coefficient (Wildman–Crippen LogP) is 12.7. The maximum atomic E-state index is 12.2. The molecular formula is C46H77NO3. The standard InChI is InChI=1S/C46H77NO3/c1-3-5-7-8-9-10-11-12-13-14-15-16-17-18-19-20-21-22-23-24-25-26-27-28-29-30-31-32-33-34-35-36-37-38-40-42-46(50)47-44(43-48)45(49)41-39-6-4-2/h5,7,9-10,12-13,15-16,18-19,21-22,24-25,39,41,44-45,48-49H,3-4,6,8,11,14,17,20,23,26-38,40,42-43H2,1-2H3,(H,47,50)/b7-5-,10-9-,13-12-,16-15-,19-18-,22-21-,25-24-,41-39+. The molecule has 0 aromatic carbocycles. The van der Waals surface area contributed by atoms with Crippen LogP contribution >= 0.6 is 0 Å². The third-order valence-electron chi connectivity index (χ3n) is 8.55. The van der Waals surface area contributed by atoms with Crippen LogP contribution in [0.1, 0.15) is 168 Å². The molecule has 0 aromatic heterocycles. The summed E-state index contributed by atoms with van der Waals surface area (Å²) in [5, 5.41) is 22.4. The molecule has 1 amide bonds. The molecule has 4 nitrogen and oxygen atoms in total. The lowest BCUT2D eigenvalue weighted by atomic mass is 10.0. The van der Waals surface area contributed by atoms with E-state index >= 15 is 0 Å². The molecule has 0 spiro atoms. The summed E-state index contributed by atoms with van der Waals surface area (Å²) >= 11 is 0. The first-order valence-electron chi connectivity index (χ1n) is 20.5. The minimum atomic E-state index is -0.839. The van der Waals surface area contributed by atoms with Gasteiger partial charge in [0.15, 0.2) is 0 Å². The molecule has 0 aliphatic heterocycles. The molecule has 284 valence electrons. The quantitative estimate of drug-likeness (QED) is 0.0458. The minimum Gasteiger partial charge on any atom is -0.394 e. The fourth-order valence-electron chi connectivity index (χ4n) is 5.46. The average molecular weight is 692 g/mol. The first-order chi connectivity index (χ1) is 24.7. The van der Waals surface area contributed by atoms with Crippen molar-refractivity contribution < 1.29 is 15.0 Å². The van der Waals surface area contributed by atoms with E-state index in [1.54, 1.807) is 6.08 Å². The summed E-state index contributed by atoms with van der Waals surface area (Å²) in [5.41, 5.74) is 0. The number of nitrogens with one attached hydrogen (secondary N) is 1. The molecule has 0 saturated carbocycles. The maximum absolute atomic E-state index is 12.2. The number of amides is 1. The average Bonchev–Trinajstić information content (AvgIpc) is 3.12. The summed E-state index contributed by atoms with van der Waals surface area (Å²) in [6.07, 6.45) is 61.5. The van der Waals surface area contributed by atoms with Gasteiger partial charge in [0.25, 0.3) is 0 Å². The first kappa shape index (κ1) is 47.3. The molecule has 0 aromatic rings. The van der Waals surface area contributed by atoms with E-state index in [2.05, 4.69) is 104 Å². The van der Waals surface area contributed by atoms with Gasteiger partial charge in [0.05, 0.1) is 18.8 Å². The van der Waals surface area contributed by atoms with Crippen LogP contribution in [-0.4, -0.2) is 34.9 Å². The van der Waals surface area contributed by atoms with Crippen molar-refractivity contribution in [3.8, 4) is 0 Å². The first-order valence-corrected chi connectivity index (χ1v) is 20.5. The second-order valence-corrected chi connectivity index (χ2v) is 13.3. The number of carbonyl (C=O) groups excluding carboxylic acids is 1. The van der Waals surface area contributed by atoms with E-state index in [0.717, 1.165) is 70.6 Å². The molecule has 0 aliphatic carbocycles. The Labute approximate surface area is 309 Å². The number of hydrogen-bond acceptors (Lipinski definition) is 3. The van der Waals surface area contributed by atoms with Crippen LogP contribution in [0.4, 0.5) is 0 Å². The Morgan fingerprint density at radius 1 is 0.500 bits per heavy atom. The molecule has 0 bridgehead atoms. The van der Waals surface area contributed by atoms with Crippen LogP contribution in [-0.2, 0) is 4.79 Å². The SMILES string of the molecule is CC/C=C\C/C=C\C/C=C\C/C=C\C/C=C\C/C=C\C/C=C\CCCCCCCCCCCCCCCC(=O)NC(CO)C(O)/C=C/CCC. The second-order valence-electron chi connectivity index (χ2n) is 13.3. The van der Waals surface area contributed by atoms with Crippen LogP contribution in [0, 0.1) is 0 Å². The lowest BCUT2D eigenvalue weighted by Crippen LogP contribution is -2.45. The smallest absolute Gasteiger partial charge is 0.220 e. The fraction of sp³-hybridized carbons (Fsp3) is 0.630. The van der Waals surface area contributed by atoms with Gasteiger partial charge in [-0.1, -0.05) is 188 Å². The number of carbonyl (C=O) groups is 1. The number of unbranched alkanes of at least 4 members (excludes halogenated alkanes) is 14. The van der Waals surface area contributed by atoms with E-state index in [9.17, 15) is 15.0 Å². The summed E-state index contributed by atoms with van der Waals surface area (Å²) in [6.45, 7) is 3.98. The number of aliphatic hydroxyl groups excluding tert-OH is 2. The van der Waals surface area contributed by atoms with Crippen molar-refractivity contribution in [2.24, 2.45) is 0 Å². The fourth-order valence-corrected chi connectivity index (χ4v) is 5.46. The van der Waals surface area contributed by atoms with Gasteiger partial charge in [-0.3, -0.25) is 4.79 Å². The Kier molecular flexibility index (Phi) is 38.5. The highest BCUT2D eigenvalue weighted by Gasteiger charge is 2.17. The predicted molar refractivity (Wildman–Crippen MR) is 220 cm³/mol. The molecule has 2 atom stereocenters. The van der Waals surface area contributed by atoms with Crippen LogP contribution in [0.2, 0.25) is 0 Å². The Morgan fingerprint density at radius 2 is 0.880 bits per heavy atom. The van der Waals surface area contributed by atoms with E-state index in [4.69, 9.17) is 0 Å². The van der Waals surface area contributed by atoms with Gasteiger partial charge in [-0.2, -0.15) is 0 Å². The van der Waals surface area contributed by atoms with Gasteiger partial charge in [-0.05, 0) is 70.6 Å². The van der Waals surface area contributed by atoms with Crippen LogP contribution in [0.3, 0.4) is 0 Å². The maximum Gasteiger partial charge on any atom is 0.220 e. The zero-order valence-corrected chi connectivity index (χ0v) is 32.4. The Balaban J connectivity index is 3.48. The van der Waals surface area contributed by atoms with Crippen molar-refractivity contribution in [1.29, 1.82) is 0 Å². The van der Waals surface area contributed by atoms with Crippen molar-refractivity contribution in [2.75, 3.05) is 6.61 Å². The summed E-state index contributed by atoms with van der Waals surface area (Å²) in [6, 6.07) is -0.622. The van der Waals surface area contributed by atoms with Crippen LogP contribution in [0.25, 0.3) is 0 Å². The number of aliphatic hydroxyl groups is 2. The monoisotopic (exact) mass is 692 g/mol. The largest absolute Gasteiger partial charge is 0.394 e. The highest BCUT2D eigenvalue weighted by Crippen LogP contribution is 2.14. The molecule has 0 radical (unpaired) electrons. The molecule has 0 heterocycles. The van der Waals surface area contributed by atoms with Gasteiger partial charge in [0.1, 0.15) is 0 Å². The minimum absolute atomic E-state index is 0.0831. The molecule has 2 unspecified atom stereocenters. The summed E-state index contributed by atoms with van der Waals surface area (Å²) in [4.78, 5) is 12.2. The summed E-state index contributed by atoms with van der Waals surface area (Å²) in [5.74, 6) is -0.0831. The topological polar surface area (TPSA) is 69.6 Å².